The first-order valence-electron chi connectivity index (χ1n) is 8.29. The van der Waals surface area contributed by atoms with Gasteiger partial charge >= 0.3 is 6.09 Å². The normalized spacial score (nSPS) is 20.1. The number of methoxy groups -OCH3 is 1. The zero-order valence-electron chi connectivity index (χ0n) is 14.9. The Balaban J connectivity index is 2.15. The number of ether oxygens (including phenoxy) is 4. The van der Waals surface area contributed by atoms with Crippen molar-refractivity contribution in [3.63, 3.8) is 0 Å². The Morgan fingerprint density at radius 2 is 2.13 bits per heavy atom. The average Bonchev–Trinajstić information content (AvgIpc) is 2.48. The topological polar surface area (TPSA) is 78.1 Å². The predicted octanol–water partition coefficient (Wildman–Crippen LogP) is 1.31. The second kappa shape index (κ2) is 10.8. The minimum absolute atomic E-state index is 0.1000. The largest absolute Gasteiger partial charge is 0.444 e. The maximum absolute atomic E-state index is 11.6. The number of nitrogens with one attached hydrogen (secondary N) is 2. The number of carbonyl (C=O) groups excluding carboxylic acids is 1. The first-order valence-corrected chi connectivity index (χ1v) is 8.29. The third-order valence-electron chi connectivity index (χ3n) is 3.28. The van der Waals surface area contributed by atoms with E-state index in [1.807, 2.05) is 20.8 Å². The van der Waals surface area contributed by atoms with Crippen molar-refractivity contribution in [1.29, 1.82) is 0 Å². The van der Waals surface area contributed by atoms with Crippen molar-refractivity contribution >= 4 is 6.09 Å². The van der Waals surface area contributed by atoms with Gasteiger partial charge < -0.3 is 29.6 Å². The average molecular weight is 332 g/mol. The van der Waals surface area contributed by atoms with E-state index in [0.29, 0.717) is 33.0 Å². The molecule has 23 heavy (non-hydrogen) atoms. The van der Waals surface area contributed by atoms with E-state index in [1.165, 1.54) is 0 Å². The number of amides is 1. The number of carbonyl (C=O) groups is 1. The highest BCUT2D eigenvalue weighted by Gasteiger charge is 2.17. The van der Waals surface area contributed by atoms with Crippen LogP contribution in [0.3, 0.4) is 0 Å². The van der Waals surface area contributed by atoms with Gasteiger partial charge in [-0.15, -0.1) is 0 Å². The summed E-state index contributed by atoms with van der Waals surface area (Å²) < 4.78 is 21.4. The molecule has 0 spiro atoms. The summed E-state index contributed by atoms with van der Waals surface area (Å²) in [5.41, 5.74) is -0.466. The molecule has 0 bridgehead atoms. The lowest BCUT2D eigenvalue weighted by Crippen LogP contribution is -2.43. The van der Waals surface area contributed by atoms with E-state index in [0.717, 1.165) is 19.4 Å². The van der Waals surface area contributed by atoms with E-state index >= 15 is 0 Å². The van der Waals surface area contributed by atoms with Crippen LogP contribution in [0.15, 0.2) is 0 Å². The molecular weight excluding hydrogens is 300 g/mol. The van der Waals surface area contributed by atoms with Gasteiger partial charge in [-0.1, -0.05) is 0 Å². The molecule has 0 aromatic heterocycles. The smallest absolute Gasteiger partial charge is 0.407 e. The van der Waals surface area contributed by atoms with E-state index < -0.39 is 5.60 Å². The van der Waals surface area contributed by atoms with Gasteiger partial charge in [0.05, 0.1) is 32.5 Å². The molecule has 1 amide bonds. The molecule has 1 saturated heterocycles. The number of hydrogen-bond acceptors (Lipinski definition) is 6. The first-order chi connectivity index (χ1) is 10.9. The van der Waals surface area contributed by atoms with Crippen LogP contribution in [0.2, 0.25) is 0 Å². The van der Waals surface area contributed by atoms with Gasteiger partial charge in [0, 0.05) is 26.2 Å². The zero-order chi connectivity index (χ0) is 17.1. The van der Waals surface area contributed by atoms with Crippen LogP contribution in [0.1, 0.15) is 33.6 Å². The van der Waals surface area contributed by atoms with Crippen molar-refractivity contribution in [3.05, 3.63) is 0 Å². The summed E-state index contributed by atoms with van der Waals surface area (Å²) in [5.74, 6) is 0. The van der Waals surface area contributed by atoms with Crippen molar-refractivity contribution in [2.75, 3.05) is 46.6 Å². The maximum Gasteiger partial charge on any atom is 0.407 e. The van der Waals surface area contributed by atoms with E-state index in [-0.39, 0.29) is 18.2 Å². The fourth-order valence-electron chi connectivity index (χ4n) is 2.25. The summed E-state index contributed by atoms with van der Waals surface area (Å²) in [5, 5.41) is 6.21. The molecule has 0 aromatic carbocycles. The van der Waals surface area contributed by atoms with Gasteiger partial charge in [-0.25, -0.2) is 4.79 Å². The Labute approximate surface area is 139 Å². The van der Waals surface area contributed by atoms with Gasteiger partial charge in [0.1, 0.15) is 5.60 Å². The van der Waals surface area contributed by atoms with Gasteiger partial charge in [0.15, 0.2) is 0 Å². The lowest BCUT2D eigenvalue weighted by Gasteiger charge is -2.26. The first kappa shape index (κ1) is 20.2. The predicted molar refractivity (Wildman–Crippen MR) is 87.7 cm³/mol. The van der Waals surface area contributed by atoms with Crippen LogP contribution >= 0.6 is 0 Å². The van der Waals surface area contributed by atoms with Crippen LogP contribution in [-0.2, 0) is 18.9 Å². The molecule has 1 fully saturated rings. The van der Waals surface area contributed by atoms with Crippen molar-refractivity contribution in [1.82, 2.24) is 10.6 Å². The summed E-state index contributed by atoms with van der Waals surface area (Å²) in [4.78, 5) is 11.6. The Morgan fingerprint density at radius 1 is 1.35 bits per heavy atom. The Hall–Kier alpha value is -0.890. The van der Waals surface area contributed by atoms with Crippen LogP contribution in [0.4, 0.5) is 4.79 Å². The molecule has 0 radical (unpaired) electrons. The second-order valence-electron chi connectivity index (χ2n) is 6.70. The Kier molecular flexibility index (Phi) is 9.47. The lowest BCUT2D eigenvalue weighted by molar-refractivity contribution is -0.0875. The number of alkyl carbamates (subject to hydrolysis) is 1. The van der Waals surface area contributed by atoms with Crippen molar-refractivity contribution in [3.8, 4) is 0 Å². The Bertz CT molecular complexity index is 327. The molecule has 2 atom stereocenters. The van der Waals surface area contributed by atoms with Gasteiger partial charge in [-0.05, 0) is 33.6 Å². The van der Waals surface area contributed by atoms with E-state index in [9.17, 15) is 4.79 Å². The second-order valence-corrected chi connectivity index (χ2v) is 6.70. The van der Waals surface area contributed by atoms with Gasteiger partial charge in [-0.2, -0.15) is 0 Å². The molecule has 1 rings (SSSR count). The number of rotatable bonds is 9. The molecule has 7 nitrogen and oxygen atoms in total. The zero-order valence-corrected chi connectivity index (χ0v) is 14.9. The minimum atomic E-state index is -0.466. The molecule has 7 heteroatoms. The molecule has 0 aromatic rings. The van der Waals surface area contributed by atoms with Crippen LogP contribution in [0.25, 0.3) is 0 Å². The summed E-state index contributed by atoms with van der Waals surface area (Å²) in [7, 11) is 1.69. The third-order valence-corrected chi connectivity index (χ3v) is 3.28. The molecule has 1 aliphatic rings. The van der Waals surface area contributed by atoms with Crippen LogP contribution in [-0.4, -0.2) is 70.5 Å². The molecule has 1 heterocycles. The highest BCUT2D eigenvalue weighted by molar-refractivity contribution is 5.67. The third kappa shape index (κ3) is 10.5. The monoisotopic (exact) mass is 332 g/mol. The molecule has 2 N–H and O–H groups in total. The van der Waals surface area contributed by atoms with Gasteiger partial charge in [-0.3, -0.25) is 0 Å². The molecule has 0 aliphatic carbocycles. The Morgan fingerprint density at radius 3 is 2.74 bits per heavy atom. The fraction of sp³-hybridized carbons (Fsp3) is 0.938. The van der Waals surface area contributed by atoms with E-state index in [2.05, 4.69) is 10.6 Å². The summed E-state index contributed by atoms with van der Waals surface area (Å²) >= 11 is 0. The van der Waals surface area contributed by atoms with Crippen molar-refractivity contribution < 1.29 is 23.7 Å². The highest BCUT2D eigenvalue weighted by atomic mass is 16.6. The summed E-state index contributed by atoms with van der Waals surface area (Å²) in [6.45, 7) is 9.46. The standard InChI is InChI=1S/C16H32N2O5/c1-16(2,3)23-15(19)17-7-5-6-13(11-20-4)18-10-14-12-21-8-9-22-14/h13-14,18H,5-12H2,1-4H3,(H,17,19). The summed E-state index contributed by atoms with van der Waals surface area (Å²) in [6.07, 6.45) is 1.48. The number of hydrogen-bond donors (Lipinski definition) is 2. The molecular formula is C16H32N2O5. The van der Waals surface area contributed by atoms with Gasteiger partial charge in [0.2, 0.25) is 0 Å². The minimum Gasteiger partial charge on any atom is -0.444 e. The molecule has 136 valence electrons. The van der Waals surface area contributed by atoms with Crippen molar-refractivity contribution in [2.45, 2.75) is 51.4 Å². The quantitative estimate of drug-likeness (QED) is 0.620. The van der Waals surface area contributed by atoms with Crippen molar-refractivity contribution in [2.24, 2.45) is 0 Å². The fourth-order valence-corrected chi connectivity index (χ4v) is 2.25. The molecule has 0 saturated carbocycles. The molecule has 2 unspecified atom stereocenters. The van der Waals surface area contributed by atoms with Crippen LogP contribution in [0.5, 0.6) is 0 Å². The van der Waals surface area contributed by atoms with Crippen LogP contribution < -0.4 is 10.6 Å². The maximum atomic E-state index is 11.6. The van der Waals surface area contributed by atoms with Crippen LogP contribution in [0, 0.1) is 0 Å². The van der Waals surface area contributed by atoms with E-state index in [1.54, 1.807) is 7.11 Å². The van der Waals surface area contributed by atoms with Gasteiger partial charge in [0.25, 0.3) is 0 Å². The highest BCUT2D eigenvalue weighted by Crippen LogP contribution is 2.07. The lowest BCUT2D eigenvalue weighted by atomic mass is 10.1. The summed E-state index contributed by atoms with van der Waals surface area (Å²) in [6, 6.07) is 0.228. The van der Waals surface area contributed by atoms with E-state index in [4.69, 9.17) is 18.9 Å². The SMILES string of the molecule is COCC(CCCNC(=O)OC(C)(C)C)NCC1COCCO1. The molecule has 1 aliphatic heterocycles.